The van der Waals surface area contributed by atoms with Gasteiger partial charge in [-0.05, 0) is 38.7 Å². The topological polar surface area (TPSA) is 48.9 Å². The lowest BCUT2D eigenvalue weighted by atomic mass is 9.94. The summed E-state index contributed by atoms with van der Waals surface area (Å²) in [6, 6.07) is 11.1. The molecule has 3 rings (SSSR count). The number of benzene rings is 1. The van der Waals surface area contributed by atoms with Gasteiger partial charge in [0.15, 0.2) is 5.96 Å². The predicted octanol–water partition coefficient (Wildman–Crippen LogP) is 3.58. The van der Waals surface area contributed by atoms with Crippen LogP contribution in [0.2, 0.25) is 0 Å². The fourth-order valence-electron chi connectivity index (χ4n) is 4.73. The summed E-state index contributed by atoms with van der Waals surface area (Å²) in [5.74, 6) is 1.66. The first kappa shape index (κ1) is 21.1. The summed E-state index contributed by atoms with van der Waals surface area (Å²) in [5.41, 5.74) is 1.51. The third-order valence-electron chi connectivity index (χ3n) is 6.32. The number of nitrogens with one attached hydrogen (secondary N) is 2. The maximum atomic E-state index is 5.63. The quantitative estimate of drug-likeness (QED) is 0.530. The summed E-state index contributed by atoms with van der Waals surface area (Å²) in [6.45, 7) is 9.06. The van der Waals surface area contributed by atoms with Crippen molar-refractivity contribution in [2.75, 3.05) is 39.9 Å². The molecule has 1 aromatic rings. The smallest absolute Gasteiger partial charge is 0.193 e. The Kier molecular flexibility index (Phi) is 7.74. The van der Waals surface area contributed by atoms with E-state index in [2.05, 4.69) is 64.7 Å². The Morgan fingerprint density at radius 1 is 1.29 bits per heavy atom. The fourth-order valence-corrected chi connectivity index (χ4v) is 4.73. The van der Waals surface area contributed by atoms with E-state index in [1.54, 1.807) is 0 Å². The van der Waals surface area contributed by atoms with Gasteiger partial charge in [-0.1, -0.05) is 43.2 Å². The molecule has 0 spiro atoms. The Bertz CT molecular complexity index is 612. The Labute approximate surface area is 170 Å². The minimum absolute atomic E-state index is 0.148. The molecule has 0 radical (unpaired) electrons. The van der Waals surface area contributed by atoms with E-state index in [9.17, 15) is 0 Å². The van der Waals surface area contributed by atoms with E-state index in [-0.39, 0.29) is 5.54 Å². The minimum Gasteiger partial charge on any atom is -0.381 e. The van der Waals surface area contributed by atoms with Crippen molar-refractivity contribution in [1.82, 2.24) is 15.5 Å². The zero-order chi connectivity index (χ0) is 19.8. The summed E-state index contributed by atoms with van der Waals surface area (Å²) in [5, 5.41) is 7.66. The Balaban J connectivity index is 1.56. The van der Waals surface area contributed by atoms with Crippen LogP contribution >= 0.6 is 0 Å². The molecule has 0 amide bonds. The van der Waals surface area contributed by atoms with Gasteiger partial charge in [0.1, 0.15) is 0 Å². The first-order chi connectivity index (χ1) is 13.7. The Hall–Kier alpha value is -1.59. The molecule has 2 N–H and O–H groups in total. The lowest BCUT2D eigenvalue weighted by Gasteiger charge is -2.35. The molecule has 1 aliphatic carbocycles. The van der Waals surface area contributed by atoms with E-state index in [1.807, 2.05) is 7.05 Å². The van der Waals surface area contributed by atoms with Crippen molar-refractivity contribution in [3.63, 3.8) is 0 Å². The third-order valence-corrected chi connectivity index (χ3v) is 6.32. The van der Waals surface area contributed by atoms with Crippen LogP contribution in [0, 0.1) is 5.92 Å². The SMILES string of the molecule is CCOCC1CCN(C(=NC)NCC2(NC(C)c3ccccc3)CCCC2)C1. The van der Waals surface area contributed by atoms with Gasteiger partial charge in [0.25, 0.3) is 0 Å². The van der Waals surface area contributed by atoms with Gasteiger partial charge < -0.3 is 20.3 Å². The van der Waals surface area contributed by atoms with Crippen LogP contribution in [-0.4, -0.2) is 56.3 Å². The normalized spacial score (nSPS) is 23.2. The predicted molar refractivity (Wildman–Crippen MR) is 117 cm³/mol. The summed E-state index contributed by atoms with van der Waals surface area (Å²) < 4.78 is 5.63. The van der Waals surface area contributed by atoms with Crippen LogP contribution in [0.15, 0.2) is 35.3 Å². The number of ether oxygens (including phenoxy) is 1. The fraction of sp³-hybridized carbons (Fsp3) is 0.696. The largest absolute Gasteiger partial charge is 0.381 e. The van der Waals surface area contributed by atoms with Crippen molar-refractivity contribution in [2.45, 2.75) is 57.5 Å². The number of rotatable bonds is 8. The molecule has 2 atom stereocenters. The molecule has 28 heavy (non-hydrogen) atoms. The molecular formula is C23H38N4O. The van der Waals surface area contributed by atoms with Crippen molar-refractivity contribution < 1.29 is 4.74 Å². The van der Waals surface area contributed by atoms with Gasteiger partial charge in [-0.3, -0.25) is 4.99 Å². The molecule has 1 aliphatic heterocycles. The number of hydrogen-bond donors (Lipinski definition) is 2. The second-order valence-electron chi connectivity index (χ2n) is 8.43. The number of likely N-dealkylation sites (tertiary alicyclic amines) is 1. The molecule has 1 heterocycles. The molecule has 1 saturated carbocycles. The zero-order valence-electron chi connectivity index (χ0n) is 17.9. The van der Waals surface area contributed by atoms with Crippen LogP contribution in [0.5, 0.6) is 0 Å². The first-order valence-corrected chi connectivity index (χ1v) is 11.0. The van der Waals surface area contributed by atoms with Crippen molar-refractivity contribution in [2.24, 2.45) is 10.9 Å². The average molecular weight is 387 g/mol. The molecule has 5 nitrogen and oxygen atoms in total. The van der Waals surface area contributed by atoms with Crippen LogP contribution in [0.25, 0.3) is 0 Å². The minimum atomic E-state index is 0.148. The van der Waals surface area contributed by atoms with E-state index in [0.29, 0.717) is 12.0 Å². The standard InChI is InChI=1S/C23H38N4O/c1-4-28-17-20-12-15-27(16-20)22(24-3)25-18-23(13-8-9-14-23)26-19(2)21-10-6-5-7-11-21/h5-7,10-11,19-20,26H,4,8-9,12-18H2,1-3H3,(H,24,25). The average Bonchev–Trinajstić information content (AvgIpc) is 3.38. The third kappa shape index (κ3) is 5.48. The maximum Gasteiger partial charge on any atom is 0.193 e. The highest BCUT2D eigenvalue weighted by molar-refractivity contribution is 5.80. The van der Waals surface area contributed by atoms with E-state index in [1.165, 1.54) is 37.7 Å². The molecule has 156 valence electrons. The summed E-state index contributed by atoms with van der Waals surface area (Å²) >= 11 is 0. The van der Waals surface area contributed by atoms with Gasteiger partial charge in [0.05, 0.1) is 6.61 Å². The lowest BCUT2D eigenvalue weighted by molar-refractivity contribution is 0.114. The summed E-state index contributed by atoms with van der Waals surface area (Å²) in [7, 11) is 1.90. The van der Waals surface area contributed by atoms with E-state index in [4.69, 9.17) is 4.74 Å². The van der Waals surface area contributed by atoms with E-state index in [0.717, 1.165) is 38.8 Å². The molecule has 1 saturated heterocycles. The second kappa shape index (κ2) is 10.3. The van der Waals surface area contributed by atoms with Gasteiger partial charge >= 0.3 is 0 Å². The zero-order valence-corrected chi connectivity index (χ0v) is 17.9. The van der Waals surface area contributed by atoms with E-state index < -0.39 is 0 Å². The Morgan fingerprint density at radius 2 is 2.04 bits per heavy atom. The van der Waals surface area contributed by atoms with Crippen LogP contribution in [-0.2, 0) is 4.74 Å². The summed E-state index contributed by atoms with van der Waals surface area (Å²) in [6.07, 6.45) is 6.24. The van der Waals surface area contributed by atoms with E-state index >= 15 is 0 Å². The molecule has 2 fully saturated rings. The molecule has 5 heteroatoms. The monoisotopic (exact) mass is 386 g/mol. The van der Waals surface area contributed by atoms with Crippen LogP contribution in [0.3, 0.4) is 0 Å². The van der Waals surface area contributed by atoms with Gasteiger partial charge in [-0.15, -0.1) is 0 Å². The first-order valence-electron chi connectivity index (χ1n) is 11.0. The number of hydrogen-bond acceptors (Lipinski definition) is 3. The molecule has 2 aliphatic rings. The highest BCUT2D eigenvalue weighted by Gasteiger charge is 2.36. The van der Waals surface area contributed by atoms with Gasteiger partial charge in [-0.2, -0.15) is 0 Å². The van der Waals surface area contributed by atoms with Gasteiger partial charge in [0, 0.05) is 50.8 Å². The number of aliphatic imine (C=N–C) groups is 1. The molecule has 2 unspecified atom stereocenters. The van der Waals surface area contributed by atoms with Crippen molar-refractivity contribution >= 4 is 5.96 Å². The van der Waals surface area contributed by atoms with Crippen molar-refractivity contribution in [1.29, 1.82) is 0 Å². The second-order valence-corrected chi connectivity index (χ2v) is 8.43. The highest BCUT2D eigenvalue weighted by Crippen LogP contribution is 2.32. The van der Waals surface area contributed by atoms with Crippen molar-refractivity contribution in [3.8, 4) is 0 Å². The van der Waals surface area contributed by atoms with Crippen LogP contribution in [0.1, 0.15) is 57.6 Å². The highest BCUT2D eigenvalue weighted by atomic mass is 16.5. The number of guanidine groups is 1. The van der Waals surface area contributed by atoms with Crippen molar-refractivity contribution in [3.05, 3.63) is 35.9 Å². The van der Waals surface area contributed by atoms with Gasteiger partial charge in [-0.25, -0.2) is 0 Å². The van der Waals surface area contributed by atoms with Crippen LogP contribution in [0.4, 0.5) is 0 Å². The molecular weight excluding hydrogens is 348 g/mol. The Morgan fingerprint density at radius 3 is 2.71 bits per heavy atom. The summed E-state index contributed by atoms with van der Waals surface area (Å²) in [4.78, 5) is 6.97. The van der Waals surface area contributed by atoms with Gasteiger partial charge in [0.2, 0.25) is 0 Å². The molecule has 1 aromatic carbocycles. The molecule has 0 bridgehead atoms. The lowest BCUT2D eigenvalue weighted by Crippen LogP contribution is -2.54. The van der Waals surface area contributed by atoms with Crippen LogP contribution < -0.4 is 10.6 Å². The molecule has 0 aromatic heterocycles. The number of nitrogens with zero attached hydrogens (tertiary/aromatic N) is 2. The maximum absolute atomic E-state index is 5.63.